The van der Waals surface area contributed by atoms with Crippen LogP contribution >= 0.6 is 11.6 Å². The first kappa shape index (κ1) is 18.4. The van der Waals surface area contributed by atoms with Crippen LogP contribution in [0.2, 0.25) is 0 Å². The normalized spacial score (nSPS) is 9.25. The Hall–Kier alpha value is -1.55. The van der Waals surface area contributed by atoms with Crippen molar-refractivity contribution in [1.82, 2.24) is 0 Å². The van der Waals surface area contributed by atoms with Crippen molar-refractivity contribution in [3.63, 3.8) is 0 Å². The van der Waals surface area contributed by atoms with Crippen LogP contribution in [0.15, 0.2) is 18.2 Å². The molecule has 0 saturated carbocycles. The number of ether oxygens (including phenoxy) is 2. The fraction of sp³-hybridized carbons (Fsp3) is 0.467. The van der Waals surface area contributed by atoms with Crippen LogP contribution in [0.3, 0.4) is 0 Å². The van der Waals surface area contributed by atoms with Crippen LogP contribution < -0.4 is 0 Å². The lowest BCUT2D eigenvalue weighted by Gasteiger charge is -2.07. The summed E-state index contributed by atoms with van der Waals surface area (Å²) < 4.78 is 9.78. The number of carbonyl (C=O) groups is 2. The first-order chi connectivity index (χ1) is 9.62. The maximum atomic E-state index is 11.6. The summed E-state index contributed by atoms with van der Waals surface area (Å²) >= 11 is 5.73. The second-order valence-corrected chi connectivity index (χ2v) is 3.76. The third kappa shape index (κ3) is 5.61. The van der Waals surface area contributed by atoms with E-state index in [0.29, 0.717) is 16.7 Å². The van der Waals surface area contributed by atoms with Gasteiger partial charge in [-0.1, -0.05) is 13.8 Å². The summed E-state index contributed by atoms with van der Waals surface area (Å²) in [6.45, 7) is 7.99. The van der Waals surface area contributed by atoms with Gasteiger partial charge in [0.05, 0.1) is 24.3 Å². The molecule has 0 atom stereocenters. The molecule has 0 unspecified atom stereocenters. The number of halogens is 1. The summed E-state index contributed by atoms with van der Waals surface area (Å²) in [7, 11) is 0. The molecule has 0 spiro atoms. The summed E-state index contributed by atoms with van der Waals surface area (Å²) in [5, 5.41) is 0. The highest BCUT2D eigenvalue weighted by molar-refractivity contribution is 6.17. The molecule has 0 aliphatic carbocycles. The van der Waals surface area contributed by atoms with Crippen molar-refractivity contribution in [2.24, 2.45) is 0 Å². The molecule has 5 heteroatoms. The van der Waals surface area contributed by atoms with Gasteiger partial charge in [-0.25, -0.2) is 9.59 Å². The maximum absolute atomic E-state index is 11.6. The molecule has 0 fully saturated rings. The molecule has 0 aliphatic heterocycles. The summed E-state index contributed by atoms with van der Waals surface area (Å²) in [6.07, 6.45) is 0. The summed E-state index contributed by atoms with van der Waals surface area (Å²) in [5.74, 6) is -0.746. The molecule has 0 saturated heterocycles. The second kappa shape index (κ2) is 10.3. The molecule has 0 bridgehead atoms. The van der Waals surface area contributed by atoms with Gasteiger partial charge in [0.15, 0.2) is 0 Å². The van der Waals surface area contributed by atoms with Crippen LogP contribution in [-0.2, 0) is 15.4 Å². The van der Waals surface area contributed by atoms with Gasteiger partial charge in [0.1, 0.15) is 0 Å². The number of rotatable bonds is 5. The van der Waals surface area contributed by atoms with Crippen molar-refractivity contribution < 1.29 is 19.1 Å². The van der Waals surface area contributed by atoms with Crippen LogP contribution in [-0.4, -0.2) is 25.2 Å². The van der Waals surface area contributed by atoms with Crippen molar-refractivity contribution in [3.05, 3.63) is 34.9 Å². The minimum absolute atomic E-state index is 0.208. The van der Waals surface area contributed by atoms with E-state index in [2.05, 4.69) is 0 Å². The van der Waals surface area contributed by atoms with E-state index in [1.165, 1.54) is 6.07 Å². The van der Waals surface area contributed by atoms with E-state index in [0.717, 1.165) is 0 Å². The minimum Gasteiger partial charge on any atom is -0.462 e. The average molecular weight is 301 g/mol. The van der Waals surface area contributed by atoms with Gasteiger partial charge in [-0.2, -0.15) is 0 Å². The quantitative estimate of drug-likeness (QED) is 0.613. The topological polar surface area (TPSA) is 52.6 Å². The van der Waals surface area contributed by atoms with Gasteiger partial charge >= 0.3 is 11.9 Å². The van der Waals surface area contributed by atoms with E-state index < -0.39 is 11.9 Å². The van der Waals surface area contributed by atoms with E-state index in [-0.39, 0.29) is 19.1 Å². The van der Waals surface area contributed by atoms with E-state index >= 15 is 0 Å². The molecular weight excluding hydrogens is 280 g/mol. The highest BCUT2D eigenvalue weighted by Crippen LogP contribution is 2.15. The molecule has 0 amide bonds. The van der Waals surface area contributed by atoms with Crippen LogP contribution in [0.1, 0.15) is 54.0 Å². The van der Waals surface area contributed by atoms with E-state index in [1.807, 2.05) is 13.8 Å². The Morgan fingerprint density at radius 1 is 0.950 bits per heavy atom. The van der Waals surface area contributed by atoms with Crippen molar-refractivity contribution >= 4 is 23.5 Å². The fourth-order valence-corrected chi connectivity index (χ4v) is 1.59. The van der Waals surface area contributed by atoms with Crippen molar-refractivity contribution in [2.75, 3.05) is 13.2 Å². The van der Waals surface area contributed by atoms with Crippen molar-refractivity contribution in [2.45, 2.75) is 33.6 Å². The molecule has 0 heterocycles. The standard InChI is InChI=1S/C13H15ClO4.C2H6/c1-3-17-12(15)10-5-9(8-14)6-11(7-10)13(16)18-4-2;1-2/h5-7H,3-4,8H2,1-2H3;1-2H3. The monoisotopic (exact) mass is 300 g/mol. The third-order valence-corrected chi connectivity index (χ3v) is 2.48. The summed E-state index contributed by atoms with van der Waals surface area (Å²) in [6, 6.07) is 4.66. The van der Waals surface area contributed by atoms with Gasteiger partial charge in [0.2, 0.25) is 0 Å². The Bertz CT molecular complexity index is 407. The SMILES string of the molecule is CC.CCOC(=O)c1cc(CCl)cc(C(=O)OCC)c1. The number of carbonyl (C=O) groups excluding carboxylic acids is 2. The largest absolute Gasteiger partial charge is 0.462 e. The Morgan fingerprint density at radius 3 is 1.65 bits per heavy atom. The zero-order valence-corrected chi connectivity index (χ0v) is 13.1. The van der Waals surface area contributed by atoms with E-state index in [4.69, 9.17) is 21.1 Å². The van der Waals surface area contributed by atoms with Crippen LogP contribution in [0.25, 0.3) is 0 Å². The molecule has 1 aromatic carbocycles. The Morgan fingerprint density at radius 2 is 1.35 bits per heavy atom. The summed E-state index contributed by atoms with van der Waals surface area (Å²) in [4.78, 5) is 23.3. The predicted molar refractivity (Wildman–Crippen MR) is 79.3 cm³/mol. The first-order valence-corrected chi connectivity index (χ1v) is 7.20. The van der Waals surface area contributed by atoms with Crippen LogP contribution in [0, 0.1) is 0 Å². The van der Waals surface area contributed by atoms with Gasteiger partial charge < -0.3 is 9.47 Å². The lowest BCUT2D eigenvalue weighted by Crippen LogP contribution is -2.10. The Labute approximate surface area is 125 Å². The zero-order valence-electron chi connectivity index (χ0n) is 12.4. The van der Waals surface area contributed by atoms with Gasteiger partial charge in [-0.3, -0.25) is 0 Å². The third-order valence-electron chi connectivity index (χ3n) is 2.17. The Kier molecular flexibility index (Phi) is 9.47. The number of hydrogen-bond donors (Lipinski definition) is 0. The lowest BCUT2D eigenvalue weighted by molar-refractivity contribution is 0.0525. The second-order valence-electron chi connectivity index (χ2n) is 3.49. The number of alkyl halides is 1. The molecule has 112 valence electrons. The zero-order chi connectivity index (χ0) is 15.5. The van der Waals surface area contributed by atoms with E-state index in [1.54, 1.807) is 26.0 Å². The fourth-order valence-electron chi connectivity index (χ4n) is 1.43. The molecule has 1 rings (SSSR count). The molecular formula is C15H21ClO4. The molecule has 1 aromatic rings. The molecule has 20 heavy (non-hydrogen) atoms. The van der Waals surface area contributed by atoms with Gasteiger partial charge in [0, 0.05) is 5.88 Å². The van der Waals surface area contributed by atoms with Crippen molar-refractivity contribution in [3.8, 4) is 0 Å². The minimum atomic E-state index is -0.477. The van der Waals surface area contributed by atoms with Crippen LogP contribution in [0.5, 0.6) is 0 Å². The van der Waals surface area contributed by atoms with Gasteiger partial charge in [0.25, 0.3) is 0 Å². The molecule has 0 radical (unpaired) electrons. The predicted octanol–water partition coefficient (Wildman–Crippen LogP) is 3.81. The van der Waals surface area contributed by atoms with E-state index in [9.17, 15) is 9.59 Å². The highest BCUT2D eigenvalue weighted by Gasteiger charge is 2.14. The number of esters is 2. The van der Waals surface area contributed by atoms with Gasteiger partial charge in [-0.05, 0) is 37.6 Å². The molecule has 0 N–H and O–H groups in total. The molecule has 4 nitrogen and oxygen atoms in total. The van der Waals surface area contributed by atoms with Gasteiger partial charge in [-0.15, -0.1) is 11.6 Å². The summed E-state index contributed by atoms with van der Waals surface area (Å²) in [5.41, 5.74) is 1.28. The number of benzene rings is 1. The highest BCUT2D eigenvalue weighted by atomic mass is 35.5. The van der Waals surface area contributed by atoms with Crippen LogP contribution in [0.4, 0.5) is 0 Å². The average Bonchev–Trinajstić information content (AvgIpc) is 2.49. The molecule has 0 aliphatic rings. The smallest absolute Gasteiger partial charge is 0.338 e. The number of hydrogen-bond acceptors (Lipinski definition) is 4. The first-order valence-electron chi connectivity index (χ1n) is 6.66. The Balaban J connectivity index is 0.00000172. The van der Waals surface area contributed by atoms with Crippen molar-refractivity contribution in [1.29, 1.82) is 0 Å². The lowest BCUT2D eigenvalue weighted by atomic mass is 10.1. The maximum Gasteiger partial charge on any atom is 0.338 e. The molecule has 0 aromatic heterocycles.